The van der Waals surface area contributed by atoms with Crippen LogP contribution in [0.25, 0.3) is 0 Å². The van der Waals surface area contributed by atoms with Gasteiger partial charge >= 0.3 is 0 Å². The van der Waals surface area contributed by atoms with Crippen molar-refractivity contribution in [1.29, 1.82) is 0 Å². The van der Waals surface area contributed by atoms with Crippen LogP contribution in [0, 0.1) is 5.82 Å². The van der Waals surface area contributed by atoms with E-state index in [4.69, 9.17) is 5.11 Å². The Kier molecular flexibility index (Phi) is 5.76. The Balaban J connectivity index is 2.47. The second-order valence-corrected chi connectivity index (χ2v) is 4.66. The maximum atomic E-state index is 13.4. The minimum absolute atomic E-state index is 0.0519. The van der Waals surface area contributed by atoms with Crippen LogP contribution in [0.2, 0.25) is 0 Å². The van der Waals surface area contributed by atoms with E-state index in [1.807, 2.05) is 7.05 Å². The molecule has 4 nitrogen and oxygen atoms in total. The van der Waals surface area contributed by atoms with Gasteiger partial charge in [0, 0.05) is 25.2 Å². The smallest absolute Gasteiger partial charge is 0.254 e. The SMILES string of the molecule is CCC(C)N(C)CCNC(=O)c1ccc(O)cc1F. The Morgan fingerprint density at radius 1 is 1.53 bits per heavy atom. The van der Waals surface area contributed by atoms with Crippen LogP contribution in [0.15, 0.2) is 18.2 Å². The zero-order valence-corrected chi connectivity index (χ0v) is 11.6. The number of benzene rings is 1. The summed E-state index contributed by atoms with van der Waals surface area (Å²) < 4.78 is 13.4. The van der Waals surface area contributed by atoms with Crippen molar-refractivity contribution < 1.29 is 14.3 Å². The third kappa shape index (κ3) is 4.52. The molecule has 0 saturated heterocycles. The highest BCUT2D eigenvalue weighted by atomic mass is 19.1. The molecule has 1 atom stereocenters. The Morgan fingerprint density at radius 3 is 2.79 bits per heavy atom. The van der Waals surface area contributed by atoms with E-state index in [9.17, 15) is 9.18 Å². The van der Waals surface area contributed by atoms with Gasteiger partial charge in [0.15, 0.2) is 0 Å². The van der Waals surface area contributed by atoms with Crippen molar-refractivity contribution in [3.8, 4) is 5.75 Å². The van der Waals surface area contributed by atoms with E-state index < -0.39 is 11.7 Å². The molecular formula is C14H21FN2O2. The second-order valence-electron chi connectivity index (χ2n) is 4.66. The van der Waals surface area contributed by atoms with Crippen LogP contribution in [0.4, 0.5) is 4.39 Å². The molecule has 2 N–H and O–H groups in total. The average molecular weight is 268 g/mol. The van der Waals surface area contributed by atoms with Gasteiger partial charge < -0.3 is 15.3 Å². The standard InChI is InChI=1S/C14H21FN2O2/c1-4-10(2)17(3)8-7-16-14(19)12-6-5-11(18)9-13(12)15/h5-6,9-10,18H,4,7-8H2,1-3H3,(H,16,19). The van der Waals surface area contributed by atoms with Gasteiger partial charge in [0.2, 0.25) is 0 Å². The van der Waals surface area contributed by atoms with Crippen LogP contribution >= 0.6 is 0 Å². The van der Waals surface area contributed by atoms with Crippen molar-refractivity contribution in [3.63, 3.8) is 0 Å². The first kappa shape index (κ1) is 15.4. The fourth-order valence-electron chi connectivity index (χ4n) is 1.66. The summed E-state index contributed by atoms with van der Waals surface area (Å²) in [5, 5.41) is 11.7. The minimum atomic E-state index is -0.715. The average Bonchev–Trinajstić information content (AvgIpc) is 2.37. The number of rotatable bonds is 6. The molecule has 0 aliphatic rings. The molecule has 1 aromatic rings. The summed E-state index contributed by atoms with van der Waals surface area (Å²) in [6.45, 7) is 5.38. The van der Waals surface area contributed by atoms with Gasteiger partial charge in [-0.3, -0.25) is 4.79 Å². The third-order valence-corrected chi connectivity index (χ3v) is 3.29. The number of nitrogens with one attached hydrogen (secondary N) is 1. The summed E-state index contributed by atoms with van der Waals surface area (Å²) in [6, 6.07) is 3.95. The largest absolute Gasteiger partial charge is 0.508 e. The zero-order chi connectivity index (χ0) is 14.4. The van der Waals surface area contributed by atoms with E-state index in [0.717, 1.165) is 12.5 Å². The first-order valence-electron chi connectivity index (χ1n) is 6.42. The lowest BCUT2D eigenvalue weighted by Crippen LogP contribution is -2.37. The second kappa shape index (κ2) is 7.09. The van der Waals surface area contributed by atoms with Gasteiger partial charge in [0.05, 0.1) is 5.56 Å². The summed E-state index contributed by atoms with van der Waals surface area (Å²) in [7, 11) is 1.99. The number of nitrogens with zero attached hydrogens (tertiary/aromatic N) is 1. The van der Waals surface area contributed by atoms with Gasteiger partial charge in [-0.25, -0.2) is 4.39 Å². The van der Waals surface area contributed by atoms with Crippen molar-refractivity contribution in [3.05, 3.63) is 29.6 Å². The number of likely N-dealkylation sites (N-methyl/N-ethyl adjacent to an activating group) is 1. The number of phenols is 1. The van der Waals surface area contributed by atoms with Crippen molar-refractivity contribution in [2.75, 3.05) is 20.1 Å². The van der Waals surface area contributed by atoms with Gasteiger partial charge in [0.25, 0.3) is 5.91 Å². The van der Waals surface area contributed by atoms with E-state index >= 15 is 0 Å². The molecule has 1 amide bonds. The Bertz CT molecular complexity index is 437. The topological polar surface area (TPSA) is 52.6 Å². The number of hydrogen-bond donors (Lipinski definition) is 2. The van der Waals surface area contributed by atoms with Crippen LogP contribution in [0.5, 0.6) is 5.75 Å². The normalized spacial score (nSPS) is 12.5. The zero-order valence-electron chi connectivity index (χ0n) is 11.6. The summed E-state index contributed by atoms with van der Waals surface area (Å²) >= 11 is 0. The summed E-state index contributed by atoms with van der Waals surface area (Å²) in [6.07, 6.45) is 1.04. The Labute approximate surface area is 113 Å². The lowest BCUT2D eigenvalue weighted by molar-refractivity contribution is 0.0943. The number of halogens is 1. The molecule has 1 rings (SSSR count). The van der Waals surface area contributed by atoms with E-state index in [1.54, 1.807) is 0 Å². The maximum Gasteiger partial charge on any atom is 0.254 e. The number of aromatic hydroxyl groups is 1. The highest BCUT2D eigenvalue weighted by Gasteiger charge is 2.12. The molecule has 0 spiro atoms. The van der Waals surface area contributed by atoms with E-state index in [0.29, 0.717) is 19.1 Å². The van der Waals surface area contributed by atoms with Crippen LogP contribution in [-0.4, -0.2) is 42.1 Å². The monoisotopic (exact) mass is 268 g/mol. The molecule has 0 aliphatic carbocycles. The number of carbonyl (C=O) groups is 1. The molecule has 106 valence electrons. The molecule has 19 heavy (non-hydrogen) atoms. The molecule has 0 aliphatic heterocycles. The van der Waals surface area contributed by atoms with E-state index in [-0.39, 0.29) is 11.3 Å². The number of carbonyl (C=O) groups excluding carboxylic acids is 1. The highest BCUT2D eigenvalue weighted by Crippen LogP contribution is 2.14. The molecule has 0 saturated carbocycles. The molecular weight excluding hydrogens is 247 g/mol. The first-order chi connectivity index (χ1) is 8.95. The maximum absolute atomic E-state index is 13.4. The third-order valence-electron chi connectivity index (χ3n) is 3.29. The van der Waals surface area contributed by atoms with E-state index in [1.165, 1.54) is 12.1 Å². The van der Waals surface area contributed by atoms with Crippen LogP contribution in [0.3, 0.4) is 0 Å². The Hall–Kier alpha value is -1.62. The molecule has 1 unspecified atom stereocenters. The van der Waals surface area contributed by atoms with Crippen LogP contribution in [-0.2, 0) is 0 Å². The minimum Gasteiger partial charge on any atom is -0.508 e. The summed E-state index contributed by atoms with van der Waals surface area (Å²) in [5.74, 6) is -1.37. The summed E-state index contributed by atoms with van der Waals surface area (Å²) in [4.78, 5) is 13.9. The predicted octanol–water partition coefficient (Wildman–Crippen LogP) is 1.99. The Morgan fingerprint density at radius 2 is 2.21 bits per heavy atom. The number of hydrogen-bond acceptors (Lipinski definition) is 3. The van der Waals surface area contributed by atoms with Gasteiger partial charge in [0.1, 0.15) is 11.6 Å². The lowest BCUT2D eigenvalue weighted by Gasteiger charge is -2.23. The first-order valence-corrected chi connectivity index (χ1v) is 6.42. The molecule has 5 heteroatoms. The molecule has 0 fully saturated rings. The number of phenolic OH excluding ortho intramolecular Hbond substituents is 1. The predicted molar refractivity (Wildman–Crippen MR) is 72.8 cm³/mol. The fraction of sp³-hybridized carbons (Fsp3) is 0.500. The van der Waals surface area contributed by atoms with Crippen LogP contribution in [0.1, 0.15) is 30.6 Å². The quantitative estimate of drug-likeness (QED) is 0.829. The van der Waals surface area contributed by atoms with Gasteiger partial charge in [-0.1, -0.05) is 6.92 Å². The molecule has 0 aromatic heterocycles. The van der Waals surface area contributed by atoms with Crippen molar-refractivity contribution in [1.82, 2.24) is 10.2 Å². The van der Waals surface area contributed by atoms with Crippen molar-refractivity contribution in [2.45, 2.75) is 26.3 Å². The molecule has 0 radical (unpaired) electrons. The molecule has 1 aromatic carbocycles. The fourth-order valence-corrected chi connectivity index (χ4v) is 1.66. The molecule has 0 bridgehead atoms. The summed E-state index contributed by atoms with van der Waals surface area (Å²) in [5.41, 5.74) is -0.0519. The van der Waals surface area contributed by atoms with Crippen LogP contribution < -0.4 is 5.32 Å². The highest BCUT2D eigenvalue weighted by molar-refractivity contribution is 5.94. The van der Waals surface area contributed by atoms with Crippen molar-refractivity contribution >= 4 is 5.91 Å². The lowest BCUT2D eigenvalue weighted by atomic mass is 10.2. The van der Waals surface area contributed by atoms with E-state index in [2.05, 4.69) is 24.1 Å². The van der Waals surface area contributed by atoms with Gasteiger partial charge in [-0.2, -0.15) is 0 Å². The van der Waals surface area contributed by atoms with Gasteiger partial charge in [-0.15, -0.1) is 0 Å². The number of amides is 1. The van der Waals surface area contributed by atoms with Gasteiger partial charge in [-0.05, 0) is 32.5 Å². The molecule has 0 heterocycles. The van der Waals surface area contributed by atoms with Crippen molar-refractivity contribution in [2.24, 2.45) is 0 Å².